The van der Waals surface area contributed by atoms with Crippen LogP contribution in [0.4, 0.5) is 4.79 Å². The zero-order valence-electron chi connectivity index (χ0n) is 13.4. The monoisotopic (exact) mass is 316 g/mol. The van der Waals surface area contributed by atoms with Crippen molar-refractivity contribution in [3.8, 4) is 11.4 Å². The van der Waals surface area contributed by atoms with E-state index in [2.05, 4.69) is 26.0 Å². The van der Waals surface area contributed by atoms with Gasteiger partial charge in [0, 0.05) is 11.6 Å². The average Bonchev–Trinajstić information content (AvgIpc) is 2.95. The molecule has 1 aromatic heterocycles. The maximum absolute atomic E-state index is 11.8. The van der Waals surface area contributed by atoms with Gasteiger partial charge in [-0.15, -0.1) is 10.2 Å². The van der Waals surface area contributed by atoms with Crippen molar-refractivity contribution in [2.24, 2.45) is 0 Å². The Labute approximate surface area is 134 Å². The first-order valence-electron chi connectivity index (χ1n) is 7.43. The number of rotatable bonds is 5. The highest BCUT2D eigenvalue weighted by atomic mass is 16.2. The number of benzene rings is 1. The fourth-order valence-electron chi connectivity index (χ4n) is 1.78. The van der Waals surface area contributed by atoms with Gasteiger partial charge in [0.15, 0.2) is 0 Å². The van der Waals surface area contributed by atoms with Gasteiger partial charge in [0.2, 0.25) is 5.82 Å². The number of imide groups is 1. The van der Waals surface area contributed by atoms with Crippen LogP contribution in [-0.2, 0) is 11.3 Å². The number of tetrazole rings is 1. The molecular weight excluding hydrogens is 296 g/mol. The van der Waals surface area contributed by atoms with E-state index >= 15 is 0 Å². The number of aromatic nitrogens is 4. The lowest BCUT2D eigenvalue weighted by atomic mass is 10.1. The minimum atomic E-state index is -0.525. The topological polar surface area (TPSA) is 102 Å². The first kappa shape index (κ1) is 16.6. The molecule has 0 saturated heterocycles. The lowest BCUT2D eigenvalue weighted by Gasteiger charge is -2.11. The van der Waals surface area contributed by atoms with Crippen molar-refractivity contribution in [2.75, 3.05) is 0 Å². The van der Waals surface area contributed by atoms with Crippen LogP contribution >= 0.6 is 0 Å². The van der Waals surface area contributed by atoms with Crippen LogP contribution in [0.1, 0.15) is 25.8 Å². The smallest absolute Gasteiger partial charge is 0.321 e. The van der Waals surface area contributed by atoms with Crippen LogP contribution in [0.2, 0.25) is 0 Å². The molecule has 3 amide bonds. The number of carbonyl (C=O) groups is 2. The Kier molecular flexibility index (Phi) is 5.40. The average molecular weight is 316 g/mol. The van der Waals surface area contributed by atoms with Gasteiger partial charge < -0.3 is 5.32 Å². The summed E-state index contributed by atoms with van der Waals surface area (Å²) in [5, 5.41) is 16.7. The minimum Gasteiger partial charge on any atom is -0.335 e. The normalized spacial score (nSPS) is 11.8. The van der Waals surface area contributed by atoms with Gasteiger partial charge in [-0.3, -0.25) is 10.1 Å². The number of hydrogen-bond acceptors (Lipinski definition) is 5. The molecule has 1 aromatic carbocycles. The van der Waals surface area contributed by atoms with E-state index in [0.717, 1.165) is 22.3 Å². The van der Waals surface area contributed by atoms with E-state index < -0.39 is 11.9 Å². The zero-order chi connectivity index (χ0) is 16.8. The maximum Gasteiger partial charge on any atom is 0.321 e. The van der Waals surface area contributed by atoms with Gasteiger partial charge in [-0.2, -0.15) is 4.80 Å². The van der Waals surface area contributed by atoms with Gasteiger partial charge >= 0.3 is 6.03 Å². The summed E-state index contributed by atoms with van der Waals surface area (Å²) in [5.41, 5.74) is 1.95. The maximum atomic E-state index is 11.8. The van der Waals surface area contributed by atoms with Crippen LogP contribution in [0.3, 0.4) is 0 Å². The fraction of sp³-hybridized carbons (Fsp3) is 0.400. The Morgan fingerprint density at radius 3 is 2.61 bits per heavy atom. The van der Waals surface area contributed by atoms with E-state index in [4.69, 9.17) is 0 Å². The molecule has 2 N–H and O–H groups in total. The van der Waals surface area contributed by atoms with Crippen LogP contribution in [0.5, 0.6) is 0 Å². The second-order valence-electron chi connectivity index (χ2n) is 5.34. The van der Waals surface area contributed by atoms with E-state index in [1.54, 1.807) is 0 Å². The van der Waals surface area contributed by atoms with Crippen LogP contribution in [0, 0.1) is 6.92 Å². The Balaban J connectivity index is 1.92. The standard InChI is InChI=1S/C15H20N6O2/c1-4-11(3)16-15(23)17-13(22)9-21-19-14(18-20-21)12-7-5-10(2)6-8-12/h5-8,11H,4,9H2,1-3H3,(H2,16,17,22,23)/t11-/m1/s1. The second kappa shape index (κ2) is 7.48. The molecule has 0 aliphatic rings. The third-order valence-corrected chi connectivity index (χ3v) is 3.29. The van der Waals surface area contributed by atoms with E-state index in [-0.39, 0.29) is 12.6 Å². The lowest BCUT2D eigenvalue weighted by molar-refractivity contribution is -0.121. The third kappa shape index (κ3) is 4.87. The molecule has 0 radical (unpaired) electrons. The third-order valence-electron chi connectivity index (χ3n) is 3.29. The van der Waals surface area contributed by atoms with Crippen LogP contribution in [0.15, 0.2) is 24.3 Å². The van der Waals surface area contributed by atoms with E-state index in [9.17, 15) is 9.59 Å². The molecule has 122 valence electrons. The molecule has 0 unspecified atom stereocenters. The summed E-state index contributed by atoms with van der Waals surface area (Å²) in [4.78, 5) is 24.5. The van der Waals surface area contributed by atoms with Crippen molar-refractivity contribution >= 4 is 11.9 Å². The quantitative estimate of drug-likeness (QED) is 0.865. The highest BCUT2D eigenvalue weighted by molar-refractivity contribution is 5.94. The van der Waals surface area contributed by atoms with Crippen LogP contribution in [0.25, 0.3) is 11.4 Å². The molecule has 8 nitrogen and oxygen atoms in total. The van der Waals surface area contributed by atoms with E-state index in [1.807, 2.05) is 45.0 Å². The van der Waals surface area contributed by atoms with Gasteiger partial charge in [-0.1, -0.05) is 36.8 Å². The number of amides is 3. The largest absolute Gasteiger partial charge is 0.335 e. The molecule has 8 heteroatoms. The Morgan fingerprint density at radius 1 is 1.26 bits per heavy atom. The van der Waals surface area contributed by atoms with Crippen LogP contribution < -0.4 is 10.6 Å². The molecular formula is C15H20N6O2. The van der Waals surface area contributed by atoms with Gasteiger partial charge in [0.05, 0.1) is 0 Å². The highest BCUT2D eigenvalue weighted by Gasteiger charge is 2.12. The summed E-state index contributed by atoms with van der Waals surface area (Å²) in [6.45, 7) is 5.62. The van der Waals surface area contributed by atoms with E-state index in [1.165, 1.54) is 0 Å². The van der Waals surface area contributed by atoms with Gasteiger partial charge in [0.25, 0.3) is 5.91 Å². The fourth-order valence-corrected chi connectivity index (χ4v) is 1.78. The number of hydrogen-bond donors (Lipinski definition) is 2. The number of nitrogens with zero attached hydrogens (tertiary/aromatic N) is 4. The molecule has 1 heterocycles. The Morgan fingerprint density at radius 2 is 1.96 bits per heavy atom. The summed E-state index contributed by atoms with van der Waals surface area (Å²) < 4.78 is 0. The molecule has 23 heavy (non-hydrogen) atoms. The molecule has 0 fully saturated rings. The van der Waals surface area contributed by atoms with Crippen molar-refractivity contribution in [2.45, 2.75) is 39.8 Å². The van der Waals surface area contributed by atoms with Gasteiger partial charge in [-0.05, 0) is 25.5 Å². The molecule has 1 atom stereocenters. The summed E-state index contributed by atoms with van der Waals surface area (Å²) in [7, 11) is 0. The molecule has 0 saturated carbocycles. The molecule has 0 aliphatic heterocycles. The summed E-state index contributed by atoms with van der Waals surface area (Å²) >= 11 is 0. The van der Waals surface area contributed by atoms with E-state index in [0.29, 0.717) is 5.82 Å². The summed E-state index contributed by atoms with van der Waals surface area (Å²) in [6.07, 6.45) is 0.784. The first-order chi connectivity index (χ1) is 11.0. The molecule has 0 aliphatic carbocycles. The molecule has 2 rings (SSSR count). The highest BCUT2D eigenvalue weighted by Crippen LogP contribution is 2.13. The predicted molar refractivity (Wildman–Crippen MR) is 84.4 cm³/mol. The lowest BCUT2D eigenvalue weighted by Crippen LogP contribution is -2.44. The number of urea groups is 1. The van der Waals surface area contributed by atoms with Gasteiger partial charge in [0.1, 0.15) is 6.54 Å². The SMILES string of the molecule is CC[C@@H](C)NC(=O)NC(=O)Cn1nnc(-c2ccc(C)cc2)n1. The molecule has 0 bridgehead atoms. The Hall–Kier alpha value is -2.77. The van der Waals surface area contributed by atoms with Crippen molar-refractivity contribution in [1.82, 2.24) is 30.8 Å². The summed E-state index contributed by atoms with van der Waals surface area (Å²) in [6, 6.07) is 7.14. The summed E-state index contributed by atoms with van der Waals surface area (Å²) in [5.74, 6) is -0.0690. The van der Waals surface area contributed by atoms with Crippen LogP contribution in [-0.4, -0.2) is 38.2 Å². The van der Waals surface area contributed by atoms with Crippen molar-refractivity contribution < 1.29 is 9.59 Å². The predicted octanol–water partition coefficient (Wildman–Crippen LogP) is 1.27. The van der Waals surface area contributed by atoms with Crippen molar-refractivity contribution in [1.29, 1.82) is 0 Å². The first-order valence-corrected chi connectivity index (χ1v) is 7.43. The minimum absolute atomic E-state index is 0.000403. The molecule has 0 spiro atoms. The van der Waals surface area contributed by atoms with Crippen molar-refractivity contribution in [3.63, 3.8) is 0 Å². The number of nitrogens with one attached hydrogen (secondary N) is 2. The number of carbonyl (C=O) groups excluding carboxylic acids is 2. The van der Waals surface area contributed by atoms with Gasteiger partial charge in [-0.25, -0.2) is 4.79 Å². The number of aryl methyl sites for hydroxylation is 1. The van der Waals surface area contributed by atoms with Crippen molar-refractivity contribution in [3.05, 3.63) is 29.8 Å². The second-order valence-corrected chi connectivity index (χ2v) is 5.34. The Bertz CT molecular complexity index is 680. The zero-order valence-corrected chi connectivity index (χ0v) is 13.4. The molecule has 2 aromatic rings.